The number of H-pyrrole nitrogens is 1. The number of benzene rings is 1. The fourth-order valence-corrected chi connectivity index (χ4v) is 4.35. The minimum absolute atomic E-state index is 0.0129. The maximum absolute atomic E-state index is 12.6. The highest BCUT2D eigenvalue weighted by atomic mass is 79.9. The Morgan fingerprint density at radius 1 is 1.10 bits per heavy atom. The maximum atomic E-state index is 12.6. The fraction of sp³-hybridized carbons (Fsp3) is 0. The molecule has 0 unspecified atom stereocenters. The second kappa shape index (κ2) is 7.83. The monoisotopic (exact) mass is 487 g/mol. The van der Waals surface area contributed by atoms with Crippen molar-refractivity contribution < 1.29 is 8.42 Å². The second-order valence-corrected chi connectivity index (χ2v) is 8.87. The molecule has 144 valence electrons. The van der Waals surface area contributed by atoms with Crippen molar-refractivity contribution in [1.82, 2.24) is 20.2 Å². The molecule has 2 N–H and O–H groups in total. The molecule has 0 aliphatic carbocycles. The van der Waals surface area contributed by atoms with Crippen molar-refractivity contribution >= 4 is 54.3 Å². The van der Waals surface area contributed by atoms with Crippen LogP contribution in [0.2, 0.25) is 5.02 Å². The van der Waals surface area contributed by atoms with Gasteiger partial charge in [-0.25, -0.2) is 13.4 Å². The molecule has 0 fully saturated rings. The molecule has 0 saturated heterocycles. The number of sulfonamides is 1. The highest BCUT2D eigenvalue weighted by Gasteiger charge is 2.17. The predicted molar refractivity (Wildman–Crippen MR) is 114 cm³/mol. The Kier molecular flexibility index (Phi) is 5.24. The highest BCUT2D eigenvalue weighted by Crippen LogP contribution is 2.28. The van der Waals surface area contributed by atoms with Crippen LogP contribution < -0.4 is 4.72 Å². The van der Waals surface area contributed by atoms with Crippen molar-refractivity contribution in [2.45, 2.75) is 4.90 Å². The predicted octanol–water partition coefficient (Wildman–Crippen LogP) is 3.97. The van der Waals surface area contributed by atoms with Crippen LogP contribution in [0.15, 0.2) is 64.5 Å². The normalized spacial score (nSPS) is 11.1. The van der Waals surface area contributed by atoms with E-state index < -0.39 is 10.0 Å². The zero-order chi connectivity index (χ0) is 20.4. The summed E-state index contributed by atoms with van der Waals surface area (Å²) < 4.78 is 28.3. The van der Waals surface area contributed by atoms with Crippen LogP contribution in [-0.2, 0) is 10.0 Å². The topological polar surface area (TPSA) is 101 Å². The van der Waals surface area contributed by atoms with Gasteiger partial charge in [0.1, 0.15) is 4.90 Å². The lowest BCUT2D eigenvalue weighted by atomic mass is 10.2. The zero-order valence-corrected chi connectivity index (χ0v) is 17.7. The van der Waals surface area contributed by atoms with Crippen LogP contribution >= 0.6 is 27.5 Å². The van der Waals surface area contributed by atoms with E-state index in [2.05, 4.69) is 52.7 Å². The van der Waals surface area contributed by atoms with Gasteiger partial charge >= 0.3 is 0 Å². The number of nitrogens with one attached hydrogen (secondary N) is 2. The average molecular weight is 489 g/mol. The molecule has 29 heavy (non-hydrogen) atoms. The number of rotatable bonds is 3. The molecule has 0 spiro atoms. The molecule has 3 aromatic heterocycles. The lowest BCUT2D eigenvalue weighted by Crippen LogP contribution is -2.13. The lowest BCUT2D eigenvalue weighted by Gasteiger charge is -2.10. The van der Waals surface area contributed by atoms with Gasteiger partial charge in [-0.2, -0.15) is 5.10 Å². The van der Waals surface area contributed by atoms with Crippen LogP contribution in [0.25, 0.3) is 11.0 Å². The highest BCUT2D eigenvalue weighted by molar-refractivity contribution is 9.10. The molecule has 0 bridgehead atoms. The van der Waals surface area contributed by atoms with E-state index in [-0.39, 0.29) is 15.6 Å². The quantitative estimate of drug-likeness (QED) is 0.425. The van der Waals surface area contributed by atoms with Gasteiger partial charge in [0.25, 0.3) is 10.0 Å². The Labute approximate surface area is 179 Å². The van der Waals surface area contributed by atoms with Gasteiger partial charge in [-0.05, 0) is 40.2 Å². The first-order valence-electron chi connectivity index (χ1n) is 8.15. The molecule has 0 saturated carbocycles. The summed E-state index contributed by atoms with van der Waals surface area (Å²) in [5, 5.41) is 7.73. The van der Waals surface area contributed by atoms with Crippen LogP contribution in [0, 0.1) is 11.8 Å². The molecule has 1 aromatic carbocycles. The van der Waals surface area contributed by atoms with Crippen molar-refractivity contribution in [2.75, 3.05) is 4.72 Å². The number of halogens is 2. The summed E-state index contributed by atoms with van der Waals surface area (Å²) in [6.45, 7) is 0. The van der Waals surface area contributed by atoms with E-state index in [0.29, 0.717) is 21.2 Å². The number of fused-ring (bicyclic) bond motifs is 1. The van der Waals surface area contributed by atoms with Gasteiger partial charge in [0.15, 0.2) is 5.65 Å². The first-order chi connectivity index (χ1) is 13.9. The molecule has 0 atom stereocenters. The van der Waals surface area contributed by atoms with E-state index in [1.807, 2.05) is 6.07 Å². The van der Waals surface area contributed by atoms with E-state index in [1.165, 1.54) is 18.5 Å². The van der Waals surface area contributed by atoms with Crippen molar-refractivity contribution in [3.8, 4) is 11.8 Å². The molecule has 4 aromatic rings. The molecule has 0 aliphatic rings. The van der Waals surface area contributed by atoms with Crippen LogP contribution in [0.3, 0.4) is 0 Å². The van der Waals surface area contributed by atoms with E-state index in [4.69, 9.17) is 11.6 Å². The smallest absolute Gasteiger partial charge is 0.263 e. The first kappa shape index (κ1) is 19.4. The van der Waals surface area contributed by atoms with Crippen molar-refractivity contribution in [2.24, 2.45) is 0 Å². The second-order valence-electron chi connectivity index (χ2n) is 5.89. The molecule has 0 amide bonds. The van der Waals surface area contributed by atoms with Crippen molar-refractivity contribution in [1.29, 1.82) is 0 Å². The number of hydrogen-bond donors (Lipinski definition) is 2. The summed E-state index contributed by atoms with van der Waals surface area (Å²) in [5.74, 6) is 5.93. The van der Waals surface area contributed by atoms with Crippen LogP contribution in [0.4, 0.5) is 5.69 Å². The number of pyridine rings is 2. The van der Waals surface area contributed by atoms with E-state index in [0.717, 1.165) is 5.39 Å². The van der Waals surface area contributed by atoms with E-state index >= 15 is 0 Å². The van der Waals surface area contributed by atoms with Crippen molar-refractivity contribution in [3.63, 3.8) is 0 Å². The summed E-state index contributed by atoms with van der Waals surface area (Å²) in [6.07, 6.45) is 6.03. The van der Waals surface area contributed by atoms with Gasteiger partial charge in [0.05, 0.1) is 16.9 Å². The van der Waals surface area contributed by atoms with Crippen LogP contribution in [0.1, 0.15) is 11.1 Å². The summed E-state index contributed by atoms with van der Waals surface area (Å²) in [4.78, 5) is 8.12. The number of anilines is 1. The Morgan fingerprint density at radius 2 is 1.97 bits per heavy atom. The molecule has 0 aliphatic heterocycles. The lowest BCUT2D eigenvalue weighted by molar-refractivity contribution is 0.600. The third-order valence-corrected chi connectivity index (χ3v) is 6.04. The van der Waals surface area contributed by atoms with Gasteiger partial charge < -0.3 is 0 Å². The molecule has 4 rings (SSSR count). The number of aromatic nitrogens is 4. The first-order valence-corrected chi connectivity index (χ1v) is 10.8. The molecule has 10 heteroatoms. The summed E-state index contributed by atoms with van der Waals surface area (Å²) in [5.41, 5.74) is 2.06. The SMILES string of the molecule is O=S(=O)(Nc1cccc(C#Cc2cnc3[nH]ncc3c2)c1Cl)c1cncc(Br)c1. The van der Waals surface area contributed by atoms with Gasteiger partial charge in [-0.3, -0.25) is 14.8 Å². The van der Waals surface area contributed by atoms with E-state index in [1.54, 1.807) is 30.6 Å². The molecule has 3 heterocycles. The summed E-state index contributed by atoms with van der Waals surface area (Å²) >= 11 is 9.60. The third-order valence-electron chi connectivity index (χ3n) is 3.87. The molecule has 0 radical (unpaired) electrons. The van der Waals surface area contributed by atoms with Gasteiger partial charge in [-0.15, -0.1) is 0 Å². The Morgan fingerprint density at radius 3 is 2.79 bits per heavy atom. The van der Waals surface area contributed by atoms with Gasteiger partial charge in [0, 0.05) is 39.6 Å². The standard InChI is InChI=1S/C19H11BrClN5O2S/c20-15-7-16(11-22-10-15)29(27,28)26-17-3-1-2-13(18(17)21)5-4-12-6-14-9-24-25-19(14)23-8-12/h1-3,6-11,26H,(H,23,24,25). The zero-order valence-electron chi connectivity index (χ0n) is 14.5. The third kappa shape index (κ3) is 4.24. The summed E-state index contributed by atoms with van der Waals surface area (Å²) in [6, 6.07) is 8.24. The molecule has 7 nitrogen and oxygen atoms in total. The number of hydrogen-bond acceptors (Lipinski definition) is 5. The van der Waals surface area contributed by atoms with Crippen LogP contribution in [-0.4, -0.2) is 28.6 Å². The Balaban J connectivity index is 1.64. The Bertz CT molecular complexity index is 1390. The van der Waals surface area contributed by atoms with Crippen molar-refractivity contribution in [3.05, 3.63) is 75.7 Å². The van der Waals surface area contributed by atoms with Gasteiger partial charge in [-0.1, -0.05) is 29.5 Å². The largest absolute Gasteiger partial charge is 0.278 e. The number of aromatic amines is 1. The minimum atomic E-state index is -3.86. The summed E-state index contributed by atoms with van der Waals surface area (Å²) in [7, 11) is -3.86. The van der Waals surface area contributed by atoms with Crippen LogP contribution in [0.5, 0.6) is 0 Å². The Hall–Kier alpha value is -2.93. The minimum Gasteiger partial charge on any atom is -0.278 e. The molecular weight excluding hydrogens is 478 g/mol. The maximum Gasteiger partial charge on any atom is 0.263 e. The van der Waals surface area contributed by atoms with Gasteiger partial charge in [0.2, 0.25) is 0 Å². The average Bonchev–Trinajstić information content (AvgIpc) is 3.16. The molecular formula is C19H11BrClN5O2S. The van der Waals surface area contributed by atoms with E-state index in [9.17, 15) is 8.42 Å². The number of nitrogens with zero attached hydrogens (tertiary/aromatic N) is 3. The fourth-order valence-electron chi connectivity index (χ4n) is 2.49.